The van der Waals surface area contributed by atoms with Crippen LogP contribution >= 0.6 is 0 Å². The van der Waals surface area contributed by atoms with Crippen LogP contribution in [-0.2, 0) is 38.2 Å². The fourth-order valence-electron chi connectivity index (χ4n) is 4.60. The Balaban J connectivity index is -0.00000000198. The highest BCUT2D eigenvalue weighted by Gasteiger charge is 2.79. The Labute approximate surface area is 290 Å². The Bertz CT molecular complexity index is 904. The van der Waals surface area contributed by atoms with E-state index in [4.69, 9.17) is 33.0 Å². The van der Waals surface area contributed by atoms with Gasteiger partial charge in [0.05, 0.1) is 5.60 Å². The van der Waals surface area contributed by atoms with Gasteiger partial charge in [-0.05, 0) is 54.9 Å². The van der Waals surface area contributed by atoms with Crippen LogP contribution in [0.3, 0.4) is 0 Å². The number of hydrogen-bond acceptors (Lipinski definition) is 8. The van der Waals surface area contributed by atoms with Crippen LogP contribution in [0.5, 0.6) is 0 Å². The minimum atomic E-state index is -4.32. The Morgan fingerprint density at radius 2 is 1.60 bits per heavy atom. The molecule has 0 aliphatic carbocycles. The molecule has 0 aromatic heterocycles. The van der Waals surface area contributed by atoms with Crippen LogP contribution in [0, 0.1) is 5.92 Å². The molecular weight excluding hydrogens is 414 g/mol. The third kappa shape index (κ3) is 3.35. The summed E-state index contributed by atoms with van der Waals surface area (Å²) in [6.07, 6.45) is -0.963. The summed E-state index contributed by atoms with van der Waals surface area (Å²) < 4.78 is 61.5. The minimum absolute atomic E-state index is 0. The van der Waals surface area contributed by atoms with Crippen molar-refractivity contribution in [1.29, 1.82) is 0 Å². The molecule has 2 N–H and O–H groups in total. The molecule has 0 spiro atoms. The van der Waals surface area contributed by atoms with Crippen molar-refractivity contribution in [2.24, 2.45) is 11.1 Å². The zero-order valence-electron chi connectivity index (χ0n) is 19.7. The second-order valence-electron chi connectivity index (χ2n) is 10.4. The lowest BCUT2D eigenvalue weighted by Gasteiger charge is -2.57. The van der Waals surface area contributed by atoms with E-state index in [1.165, 1.54) is 0 Å². The number of hydrogen-bond donors (Lipinski definition) is 1. The first-order valence-corrected chi connectivity index (χ1v) is 11.9. The van der Waals surface area contributed by atoms with Crippen LogP contribution in [0.2, 0.25) is 0 Å². The van der Waals surface area contributed by atoms with E-state index in [9.17, 15) is 8.42 Å². The maximum atomic E-state index is 11.9. The average Bonchev–Trinajstić information content (AvgIpc) is 2.99. The van der Waals surface area contributed by atoms with E-state index in [0.29, 0.717) is 6.42 Å². The molecule has 0 aromatic rings. The third-order valence-electron chi connectivity index (χ3n) is 7.17. The van der Waals surface area contributed by atoms with E-state index >= 15 is 0 Å². The topological polar surface area (TPSA) is 116 Å². The van der Waals surface area contributed by atoms with E-state index in [1.807, 2.05) is 48.5 Å². The minimum Gasteiger partial charge on any atom is -0.341 e. The summed E-state index contributed by atoms with van der Waals surface area (Å²) in [5.41, 5.74) is -3.39. The summed E-state index contributed by atoms with van der Waals surface area (Å²) in [7, 11) is -4.32. The molecule has 324 valence electrons. The summed E-state index contributed by atoms with van der Waals surface area (Å²) in [5.74, 6) is -3.52. The monoisotopic (exact) mass is 600 g/mol. The quantitative estimate of drug-likeness (QED) is 0.331. The van der Waals surface area contributed by atoms with Crippen molar-refractivity contribution in [2.45, 2.75) is 122 Å². The Kier molecular flexibility index (Phi) is 5.35. The van der Waals surface area contributed by atoms with Gasteiger partial charge in [-0.1, -0.05) is 20.8 Å². The SMILES string of the molecule is CCC1(C)O[C@H]2[C@@H]3OC(C)(C(C)C)O[C@]3(C)C(C)(C)O[C@@]2(C(C)(C)OS(N)(=O)=O)O1.[HH].[HH].[HH].[HH].[HH].[HH].[HH].[HH].[HH].[HH].[HH].[HH].[HH].[HH].[HH].[HH].[HH].[HH].[HH].[HH].[HH].[HH].[HH].[HH].[HH].[HH].[HH].[HH].[HH].[HH].[HH].[HH].[HH].[HH].[HH].[HH].[HH].[HH].[HH].[HH].[HH].[HH].[HH].[HH].[HH].[HH].[HH].[HH].[HH].[HH].[HH].[HH].[HH].[HH].[HH].[HH].[HH].[HH].[HH].[HH].[HH].[HH].[HH].[HH].[HH].[HH].[HH].[HH].[HH].[HH].[HH].[HH].[HH].[HH]. The predicted octanol–water partition coefficient (Wildman–Crippen LogP) is 20.8. The van der Waals surface area contributed by atoms with Gasteiger partial charge in [0.2, 0.25) is 5.79 Å². The summed E-state index contributed by atoms with van der Waals surface area (Å²) in [5, 5.41) is 5.23. The molecule has 3 fully saturated rings. The van der Waals surface area contributed by atoms with Gasteiger partial charge in [0, 0.05) is 111 Å². The molecule has 2 unspecified atom stereocenters. The largest absolute Gasteiger partial charge is 0.341 e. The van der Waals surface area contributed by atoms with Crippen LogP contribution in [0.25, 0.3) is 0 Å². The lowest BCUT2D eigenvalue weighted by atomic mass is 9.72. The molecule has 10 heteroatoms. The number of nitrogens with two attached hydrogens (primary N) is 1. The fourth-order valence-corrected chi connectivity index (χ4v) is 5.30. The molecule has 3 rings (SSSR count). The first-order valence-electron chi connectivity index (χ1n) is 10.5. The van der Waals surface area contributed by atoms with Gasteiger partial charge in [0.15, 0.2) is 11.6 Å². The molecule has 30 heavy (non-hydrogen) atoms. The van der Waals surface area contributed by atoms with Gasteiger partial charge in [-0.3, -0.25) is 0 Å². The van der Waals surface area contributed by atoms with Crippen molar-refractivity contribution in [3.63, 3.8) is 0 Å². The molecule has 6 atom stereocenters. The van der Waals surface area contributed by atoms with Gasteiger partial charge in [-0.2, -0.15) is 8.42 Å². The predicted molar refractivity (Wildman–Crippen MR) is 265 cm³/mol. The molecule has 0 saturated carbocycles. The van der Waals surface area contributed by atoms with Gasteiger partial charge >= 0.3 is 10.3 Å². The van der Waals surface area contributed by atoms with Gasteiger partial charge in [-0.15, -0.1) is 0 Å². The van der Waals surface area contributed by atoms with Gasteiger partial charge < -0.3 is 23.7 Å². The van der Waals surface area contributed by atoms with E-state index in [1.54, 1.807) is 20.8 Å². The smallest absolute Gasteiger partial charge is 0.333 e. The van der Waals surface area contributed by atoms with E-state index in [2.05, 4.69) is 0 Å². The number of ether oxygens (including phenoxy) is 5. The van der Waals surface area contributed by atoms with Crippen LogP contribution in [-0.4, -0.2) is 54.8 Å². The van der Waals surface area contributed by atoms with Gasteiger partial charge in [-0.25, -0.2) is 9.32 Å². The molecule has 3 aliphatic heterocycles. The van der Waals surface area contributed by atoms with Crippen molar-refractivity contribution >= 4 is 10.3 Å². The lowest BCUT2D eigenvalue weighted by Crippen LogP contribution is -2.76. The Morgan fingerprint density at radius 3 is 2.07 bits per heavy atom. The molecule has 3 aliphatic rings. The van der Waals surface area contributed by atoms with Crippen LogP contribution in [0.4, 0.5) is 0 Å². The summed E-state index contributed by atoms with van der Waals surface area (Å²) in [6.45, 7) is 18.4. The molecule has 0 amide bonds. The molecule has 3 heterocycles. The van der Waals surface area contributed by atoms with Crippen molar-refractivity contribution in [3.05, 3.63) is 0 Å². The zero-order chi connectivity index (χ0) is 23.2. The van der Waals surface area contributed by atoms with E-state index in [0.717, 1.165) is 0 Å². The standard InChI is InChI=1S/C20H37NO8S.74H2/c1-11-17(8)24-14-13-18(9,28-19(10,25-13)12(2)3)15(4,5)26-20(14,27-17)16(6,7)29-30(21,22)23;;;;;;;;;;;;;;;;;;;;;;;;;;;;;;;;;;;;;;;;;;;;;;;;;;;;;;;;;;;;;;;;;;;;;;;;;;/h12-14H,11H2,1-10H3,(H2,21,22,23);74*1H/t13-,14-,17?,18-,19?,20+;;;;;;;;;;;;;;;;;;;;;;;;;;;;;;;;;;;;;;;;;;;;;;;;;;;;;;;;;;;;;;;;;;;;;;;;;;/m0........................................................................../s1. The first kappa shape index (κ1) is 24.3. The number of fused-ring (bicyclic) bond motifs is 3. The highest BCUT2D eigenvalue weighted by Crippen LogP contribution is 2.61. The lowest BCUT2D eigenvalue weighted by molar-refractivity contribution is -0.392. The normalized spacial score (nSPS) is 46.1. The Morgan fingerprint density at radius 1 is 1.03 bits per heavy atom. The highest BCUT2D eigenvalue weighted by molar-refractivity contribution is 7.84. The summed E-state index contributed by atoms with van der Waals surface area (Å²) >= 11 is 0. The zero-order valence-corrected chi connectivity index (χ0v) is 20.5. The maximum absolute atomic E-state index is 11.9. The van der Waals surface area contributed by atoms with Gasteiger partial charge in [0.25, 0.3) is 0 Å². The first-order chi connectivity index (χ1) is 13.3. The maximum Gasteiger partial charge on any atom is 0.333 e. The second kappa shape index (κ2) is 6.60. The van der Waals surface area contributed by atoms with Crippen molar-refractivity contribution in [2.75, 3.05) is 0 Å². The summed E-state index contributed by atoms with van der Waals surface area (Å²) in [6, 6.07) is 0. The van der Waals surface area contributed by atoms with Crippen LogP contribution < -0.4 is 5.14 Å². The molecule has 0 radical (unpaired) electrons. The highest BCUT2D eigenvalue weighted by atomic mass is 32.2. The number of rotatable bonds is 5. The van der Waals surface area contributed by atoms with E-state index in [-0.39, 0.29) is 111 Å². The summed E-state index contributed by atoms with van der Waals surface area (Å²) in [4.78, 5) is 0. The molecule has 0 aromatic carbocycles. The average molecular weight is 601 g/mol. The van der Waals surface area contributed by atoms with Crippen LogP contribution in [0.1, 0.15) is 181 Å². The van der Waals surface area contributed by atoms with Crippen molar-refractivity contribution in [3.8, 4) is 0 Å². The second-order valence-corrected chi connectivity index (χ2v) is 11.6. The molecule has 9 nitrogen and oxygen atoms in total. The molecule has 3 saturated heterocycles. The molecule has 0 bridgehead atoms. The fraction of sp³-hybridized carbons (Fsp3) is 1.00. The van der Waals surface area contributed by atoms with Crippen LogP contribution in [0.15, 0.2) is 0 Å². The van der Waals surface area contributed by atoms with Crippen molar-refractivity contribution in [1.82, 2.24) is 0 Å². The van der Waals surface area contributed by atoms with Crippen molar-refractivity contribution < 1.29 is 142 Å². The van der Waals surface area contributed by atoms with E-state index < -0.39 is 56.7 Å². The molecular formula is C20H185NO8S. The third-order valence-corrected chi connectivity index (χ3v) is 7.82. The van der Waals surface area contributed by atoms with Gasteiger partial charge in [0.1, 0.15) is 23.4 Å². The Hall–Kier alpha value is -0.330.